The first-order chi connectivity index (χ1) is 11.4. The second-order valence-corrected chi connectivity index (χ2v) is 5.54. The molecule has 3 amide bonds. The zero-order valence-electron chi connectivity index (χ0n) is 14.3. The van der Waals surface area contributed by atoms with Gasteiger partial charge in [-0.05, 0) is 43.5 Å². The Bertz CT molecular complexity index is 555. The van der Waals surface area contributed by atoms with Gasteiger partial charge in [0, 0.05) is 6.54 Å². The van der Waals surface area contributed by atoms with Crippen molar-refractivity contribution in [2.24, 2.45) is 5.92 Å². The maximum atomic E-state index is 11.8. The first kappa shape index (κ1) is 19.5. The summed E-state index contributed by atoms with van der Waals surface area (Å²) >= 11 is 0. The molecule has 2 N–H and O–H groups in total. The number of hydrogen-bond acceptors (Lipinski definition) is 5. The highest BCUT2D eigenvalue weighted by Crippen LogP contribution is 2.14. The van der Waals surface area contributed by atoms with Crippen LogP contribution in [0.2, 0.25) is 0 Å². The molecule has 0 saturated heterocycles. The van der Waals surface area contributed by atoms with Crippen molar-refractivity contribution in [1.29, 1.82) is 0 Å². The summed E-state index contributed by atoms with van der Waals surface area (Å²) in [5, 5.41) is 4.44. The van der Waals surface area contributed by atoms with Crippen molar-refractivity contribution in [2.75, 3.05) is 19.8 Å². The van der Waals surface area contributed by atoms with Crippen molar-refractivity contribution < 1.29 is 23.9 Å². The van der Waals surface area contributed by atoms with E-state index >= 15 is 0 Å². The second-order valence-electron chi connectivity index (χ2n) is 5.54. The van der Waals surface area contributed by atoms with Gasteiger partial charge in [0.25, 0.3) is 5.91 Å². The summed E-state index contributed by atoms with van der Waals surface area (Å²) in [7, 11) is 0. The average Bonchev–Trinajstić information content (AvgIpc) is 2.53. The quantitative estimate of drug-likeness (QED) is 0.709. The smallest absolute Gasteiger partial charge is 0.338 e. The first-order valence-corrected chi connectivity index (χ1v) is 7.90. The monoisotopic (exact) mass is 336 g/mol. The fourth-order valence-electron chi connectivity index (χ4n) is 1.68. The molecule has 7 heteroatoms. The van der Waals surface area contributed by atoms with E-state index in [-0.39, 0.29) is 0 Å². The zero-order chi connectivity index (χ0) is 17.9. The molecule has 7 nitrogen and oxygen atoms in total. The molecule has 0 aromatic heterocycles. The number of hydrogen-bond donors (Lipinski definition) is 2. The van der Waals surface area contributed by atoms with Gasteiger partial charge in [0.05, 0.1) is 12.2 Å². The third kappa shape index (κ3) is 7.62. The van der Waals surface area contributed by atoms with Crippen LogP contribution in [0.1, 0.15) is 37.6 Å². The summed E-state index contributed by atoms with van der Waals surface area (Å²) in [5.74, 6) is -0.108. The molecule has 0 fully saturated rings. The van der Waals surface area contributed by atoms with E-state index in [0.29, 0.717) is 30.4 Å². The third-order valence-corrected chi connectivity index (χ3v) is 2.98. The predicted molar refractivity (Wildman–Crippen MR) is 88.9 cm³/mol. The van der Waals surface area contributed by atoms with Crippen LogP contribution in [0.4, 0.5) is 4.79 Å². The number of urea groups is 1. The number of carbonyl (C=O) groups excluding carboxylic acids is 3. The number of esters is 1. The molecule has 0 unspecified atom stereocenters. The van der Waals surface area contributed by atoms with Crippen LogP contribution in [0.5, 0.6) is 5.75 Å². The fourth-order valence-corrected chi connectivity index (χ4v) is 1.68. The molecule has 0 bridgehead atoms. The Morgan fingerprint density at radius 1 is 1.12 bits per heavy atom. The lowest BCUT2D eigenvalue weighted by atomic mass is 10.1. The molecule has 0 aliphatic heterocycles. The van der Waals surface area contributed by atoms with E-state index in [1.54, 1.807) is 31.2 Å². The average molecular weight is 336 g/mol. The molecule has 0 atom stereocenters. The maximum absolute atomic E-state index is 11.8. The van der Waals surface area contributed by atoms with Crippen LogP contribution in [-0.2, 0) is 9.53 Å². The summed E-state index contributed by atoms with van der Waals surface area (Å²) in [4.78, 5) is 34.4. The molecule has 0 aliphatic rings. The molecule has 1 rings (SSSR count). The standard InChI is InChI=1S/C17H24N2O5/c1-4-18-17(22)19-15(20)11-24-16(21)13-5-7-14(8-6-13)23-10-9-12(2)3/h5-8,12H,4,9-11H2,1-3H3,(H2,18,19,20,22). The van der Waals surface area contributed by atoms with E-state index in [0.717, 1.165) is 6.42 Å². The van der Waals surface area contributed by atoms with Crippen LogP contribution in [-0.4, -0.2) is 37.7 Å². The van der Waals surface area contributed by atoms with Crippen molar-refractivity contribution in [1.82, 2.24) is 10.6 Å². The van der Waals surface area contributed by atoms with Crippen molar-refractivity contribution in [3.05, 3.63) is 29.8 Å². The van der Waals surface area contributed by atoms with Crippen molar-refractivity contribution in [2.45, 2.75) is 27.2 Å². The molecule has 1 aromatic carbocycles. The molecule has 0 heterocycles. The Kier molecular flexibility index (Phi) is 8.32. The number of carbonyl (C=O) groups is 3. The molecule has 0 aliphatic carbocycles. The van der Waals surface area contributed by atoms with Crippen molar-refractivity contribution >= 4 is 17.9 Å². The van der Waals surface area contributed by atoms with E-state index in [1.807, 2.05) is 5.32 Å². The van der Waals surface area contributed by atoms with Crippen molar-refractivity contribution in [3.63, 3.8) is 0 Å². The largest absolute Gasteiger partial charge is 0.494 e. The van der Waals surface area contributed by atoms with E-state index in [1.165, 1.54) is 0 Å². The zero-order valence-corrected chi connectivity index (χ0v) is 14.3. The Balaban J connectivity index is 2.39. The van der Waals surface area contributed by atoms with Gasteiger partial charge in [-0.2, -0.15) is 0 Å². The molecular formula is C17H24N2O5. The van der Waals surface area contributed by atoms with E-state index in [9.17, 15) is 14.4 Å². The molecular weight excluding hydrogens is 312 g/mol. The number of benzene rings is 1. The molecule has 132 valence electrons. The summed E-state index contributed by atoms with van der Waals surface area (Å²) in [6.07, 6.45) is 0.949. The van der Waals surface area contributed by atoms with Crippen LogP contribution in [0.3, 0.4) is 0 Å². The highest BCUT2D eigenvalue weighted by molar-refractivity contribution is 5.97. The van der Waals surface area contributed by atoms with Gasteiger partial charge in [0.1, 0.15) is 5.75 Å². The van der Waals surface area contributed by atoms with Crippen LogP contribution < -0.4 is 15.4 Å². The lowest BCUT2D eigenvalue weighted by Crippen LogP contribution is -2.41. The minimum absolute atomic E-state index is 0.303. The third-order valence-electron chi connectivity index (χ3n) is 2.98. The Morgan fingerprint density at radius 2 is 1.79 bits per heavy atom. The summed E-state index contributed by atoms with van der Waals surface area (Å²) in [6.45, 7) is 6.43. The minimum atomic E-state index is -0.692. The summed E-state index contributed by atoms with van der Waals surface area (Å²) in [6, 6.07) is 5.85. The highest BCUT2D eigenvalue weighted by atomic mass is 16.5. The van der Waals surface area contributed by atoms with Crippen LogP contribution in [0, 0.1) is 5.92 Å². The fraction of sp³-hybridized carbons (Fsp3) is 0.471. The van der Waals surface area contributed by atoms with Gasteiger partial charge in [-0.25, -0.2) is 9.59 Å². The molecule has 0 spiro atoms. The lowest BCUT2D eigenvalue weighted by molar-refractivity contribution is -0.123. The number of amides is 3. The maximum Gasteiger partial charge on any atom is 0.338 e. The van der Waals surface area contributed by atoms with Gasteiger partial charge in [0.2, 0.25) is 0 Å². The Morgan fingerprint density at radius 3 is 2.38 bits per heavy atom. The van der Waals surface area contributed by atoms with Gasteiger partial charge in [-0.3, -0.25) is 10.1 Å². The lowest BCUT2D eigenvalue weighted by Gasteiger charge is -2.09. The molecule has 24 heavy (non-hydrogen) atoms. The van der Waals surface area contributed by atoms with Gasteiger partial charge < -0.3 is 14.8 Å². The summed E-state index contributed by atoms with van der Waals surface area (Å²) < 4.78 is 10.4. The molecule has 0 radical (unpaired) electrons. The van der Waals surface area contributed by atoms with Gasteiger partial charge in [-0.15, -0.1) is 0 Å². The molecule has 0 saturated carbocycles. The topological polar surface area (TPSA) is 93.7 Å². The van der Waals surface area contributed by atoms with Crippen molar-refractivity contribution in [3.8, 4) is 5.75 Å². The number of ether oxygens (including phenoxy) is 2. The van der Waals surface area contributed by atoms with Gasteiger partial charge >= 0.3 is 12.0 Å². The van der Waals surface area contributed by atoms with Gasteiger partial charge in [-0.1, -0.05) is 13.8 Å². The summed E-state index contributed by atoms with van der Waals surface area (Å²) in [5.41, 5.74) is 0.303. The second kappa shape index (κ2) is 10.3. The number of nitrogens with one attached hydrogen (secondary N) is 2. The minimum Gasteiger partial charge on any atom is -0.494 e. The van der Waals surface area contributed by atoms with Crippen LogP contribution in [0.25, 0.3) is 0 Å². The van der Waals surface area contributed by atoms with E-state index < -0.39 is 24.5 Å². The highest BCUT2D eigenvalue weighted by Gasteiger charge is 2.12. The SMILES string of the molecule is CCNC(=O)NC(=O)COC(=O)c1ccc(OCCC(C)C)cc1. The number of imide groups is 1. The van der Waals surface area contributed by atoms with Crippen LogP contribution in [0.15, 0.2) is 24.3 Å². The molecule has 1 aromatic rings. The normalized spacial score (nSPS) is 10.2. The Hall–Kier alpha value is -2.57. The first-order valence-electron chi connectivity index (χ1n) is 7.90. The predicted octanol–water partition coefficient (Wildman–Crippen LogP) is 2.11. The number of rotatable bonds is 8. The van der Waals surface area contributed by atoms with E-state index in [4.69, 9.17) is 9.47 Å². The van der Waals surface area contributed by atoms with Crippen LogP contribution >= 0.6 is 0 Å². The van der Waals surface area contributed by atoms with Gasteiger partial charge in [0.15, 0.2) is 6.61 Å². The van der Waals surface area contributed by atoms with E-state index in [2.05, 4.69) is 19.2 Å². The Labute approximate surface area is 141 Å².